The third-order valence-corrected chi connectivity index (χ3v) is 1.67. The zero-order chi connectivity index (χ0) is 7.40. The molecule has 0 saturated carbocycles. The van der Waals surface area contributed by atoms with E-state index in [1.807, 2.05) is 0 Å². The summed E-state index contributed by atoms with van der Waals surface area (Å²) in [7, 11) is 1.60. The number of ether oxygens (including phenoxy) is 2. The lowest BCUT2D eigenvalue weighted by Crippen LogP contribution is -2.29. The van der Waals surface area contributed by atoms with Gasteiger partial charge in [-0.25, -0.2) is 0 Å². The van der Waals surface area contributed by atoms with Crippen LogP contribution in [0.15, 0.2) is 0 Å². The Balaban J connectivity index is 2.31. The highest BCUT2D eigenvalue weighted by Gasteiger charge is 2.20. The second kappa shape index (κ2) is 3.68. The van der Waals surface area contributed by atoms with E-state index >= 15 is 0 Å². The van der Waals surface area contributed by atoms with Gasteiger partial charge in [-0.3, -0.25) is 0 Å². The molecule has 1 fully saturated rings. The van der Waals surface area contributed by atoms with Crippen LogP contribution in [-0.4, -0.2) is 25.8 Å². The zero-order valence-corrected chi connectivity index (χ0v) is 6.08. The molecule has 1 rings (SSSR count). The van der Waals surface area contributed by atoms with E-state index in [1.165, 1.54) is 0 Å². The van der Waals surface area contributed by atoms with Gasteiger partial charge in [-0.2, -0.15) is 0 Å². The van der Waals surface area contributed by atoms with Crippen molar-refractivity contribution < 1.29 is 14.3 Å². The molecule has 0 radical (unpaired) electrons. The molecule has 0 spiro atoms. The van der Waals surface area contributed by atoms with Gasteiger partial charge >= 0.3 is 0 Å². The van der Waals surface area contributed by atoms with Gasteiger partial charge in [-0.1, -0.05) is 0 Å². The second-order valence-corrected chi connectivity index (χ2v) is 2.41. The van der Waals surface area contributed by atoms with Crippen molar-refractivity contribution in [1.82, 2.24) is 0 Å². The minimum Gasteiger partial charge on any atom is -0.356 e. The first kappa shape index (κ1) is 7.69. The Bertz CT molecular complexity index is 113. The Kier molecular flexibility index (Phi) is 2.83. The van der Waals surface area contributed by atoms with Crippen molar-refractivity contribution in [2.24, 2.45) is 0 Å². The van der Waals surface area contributed by atoms with Gasteiger partial charge in [0, 0.05) is 7.11 Å². The molecule has 0 aromatic carbocycles. The van der Waals surface area contributed by atoms with Gasteiger partial charge in [0.2, 0.25) is 0 Å². The van der Waals surface area contributed by atoms with Crippen LogP contribution in [0.1, 0.15) is 19.3 Å². The fourth-order valence-corrected chi connectivity index (χ4v) is 1.09. The van der Waals surface area contributed by atoms with E-state index in [9.17, 15) is 4.79 Å². The lowest BCUT2D eigenvalue weighted by Gasteiger charge is -2.25. The molecule has 58 valence electrons. The van der Waals surface area contributed by atoms with Gasteiger partial charge in [0.25, 0.3) is 0 Å². The molecule has 0 aliphatic carbocycles. The minimum atomic E-state index is -0.237. The molecule has 0 amide bonds. The van der Waals surface area contributed by atoms with E-state index in [0.29, 0.717) is 0 Å². The van der Waals surface area contributed by atoms with Crippen molar-refractivity contribution in [3.05, 3.63) is 0 Å². The summed E-state index contributed by atoms with van der Waals surface area (Å²) in [4.78, 5) is 10.2. The Morgan fingerprint density at radius 3 is 3.00 bits per heavy atom. The van der Waals surface area contributed by atoms with Crippen LogP contribution < -0.4 is 0 Å². The fraction of sp³-hybridized carbons (Fsp3) is 0.857. The molecule has 1 aliphatic heterocycles. The van der Waals surface area contributed by atoms with Crippen molar-refractivity contribution >= 4 is 6.29 Å². The monoisotopic (exact) mass is 144 g/mol. The van der Waals surface area contributed by atoms with Crippen LogP contribution in [-0.2, 0) is 14.3 Å². The van der Waals surface area contributed by atoms with Crippen LogP contribution in [0.4, 0.5) is 0 Å². The summed E-state index contributed by atoms with van der Waals surface area (Å²) in [6.45, 7) is 0. The lowest BCUT2D eigenvalue weighted by atomic mass is 10.1. The summed E-state index contributed by atoms with van der Waals surface area (Å²) in [6.07, 6.45) is 3.19. The van der Waals surface area contributed by atoms with Crippen molar-refractivity contribution in [2.75, 3.05) is 7.11 Å². The topological polar surface area (TPSA) is 35.5 Å². The van der Waals surface area contributed by atoms with Gasteiger partial charge < -0.3 is 14.3 Å². The van der Waals surface area contributed by atoms with Gasteiger partial charge in [0.1, 0.15) is 12.4 Å². The third kappa shape index (κ3) is 1.78. The molecule has 1 saturated heterocycles. The van der Waals surface area contributed by atoms with Gasteiger partial charge in [0.05, 0.1) is 0 Å². The van der Waals surface area contributed by atoms with Crippen LogP contribution >= 0.6 is 0 Å². The van der Waals surface area contributed by atoms with Crippen LogP contribution in [0.3, 0.4) is 0 Å². The van der Waals surface area contributed by atoms with Crippen molar-refractivity contribution in [3.63, 3.8) is 0 Å². The molecule has 0 bridgehead atoms. The molecular weight excluding hydrogens is 132 g/mol. The SMILES string of the molecule is CO[C@@H]1CCC[C@@H](C=O)O1. The summed E-state index contributed by atoms with van der Waals surface area (Å²) < 4.78 is 10.1. The molecule has 0 aromatic rings. The smallest absolute Gasteiger partial charge is 0.158 e. The molecule has 3 heteroatoms. The number of carbonyl (C=O) groups is 1. The largest absolute Gasteiger partial charge is 0.356 e. The Morgan fingerprint density at radius 1 is 1.60 bits per heavy atom. The molecule has 10 heavy (non-hydrogen) atoms. The normalized spacial score (nSPS) is 33.7. The fourth-order valence-electron chi connectivity index (χ4n) is 1.09. The maximum absolute atomic E-state index is 10.2. The maximum atomic E-state index is 10.2. The van der Waals surface area contributed by atoms with E-state index in [-0.39, 0.29) is 12.4 Å². The van der Waals surface area contributed by atoms with Crippen LogP contribution in [0.25, 0.3) is 0 Å². The maximum Gasteiger partial charge on any atom is 0.158 e. The van der Waals surface area contributed by atoms with Crippen LogP contribution in [0.2, 0.25) is 0 Å². The highest BCUT2D eigenvalue weighted by Crippen LogP contribution is 2.17. The average Bonchev–Trinajstić information content (AvgIpc) is 2.05. The number of carbonyl (C=O) groups excluding carboxylic acids is 1. The number of aldehydes is 1. The zero-order valence-electron chi connectivity index (χ0n) is 6.08. The summed E-state index contributed by atoms with van der Waals surface area (Å²) >= 11 is 0. The van der Waals surface area contributed by atoms with E-state index < -0.39 is 0 Å². The molecule has 0 aromatic heterocycles. The van der Waals surface area contributed by atoms with Crippen molar-refractivity contribution in [2.45, 2.75) is 31.7 Å². The van der Waals surface area contributed by atoms with E-state index in [2.05, 4.69) is 0 Å². The minimum absolute atomic E-state index is 0.163. The molecule has 0 N–H and O–H groups in total. The molecule has 1 aliphatic rings. The Labute approximate surface area is 60.3 Å². The van der Waals surface area contributed by atoms with Crippen LogP contribution in [0.5, 0.6) is 0 Å². The Morgan fingerprint density at radius 2 is 2.40 bits per heavy atom. The molecule has 1 heterocycles. The number of hydrogen-bond donors (Lipinski definition) is 0. The number of methoxy groups -OCH3 is 1. The average molecular weight is 144 g/mol. The highest BCUT2D eigenvalue weighted by molar-refractivity contribution is 5.55. The first-order valence-electron chi connectivity index (χ1n) is 3.50. The van der Waals surface area contributed by atoms with E-state index in [4.69, 9.17) is 9.47 Å². The van der Waals surface area contributed by atoms with Gasteiger partial charge in [0.15, 0.2) is 6.29 Å². The predicted octanol–water partition coefficient (Wildman–Crippen LogP) is 0.727. The number of hydrogen-bond acceptors (Lipinski definition) is 3. The predicted molar refractivity (Wildman–Crippen MR) is 35.6 cm³/mol. The van der Waals surface area contributed by atoms with Crippen LogP contribution in [0, 0.1) is 0 Å². The molecular formula is C7H12O3. The quantitative estimate of drug-likeness (QED) is 0.536. The molecule has 3 nitrogen and oxygen atoms in total. The Hall–Kier alpha value is -0.410. The second-order valence-electron chi connectivity index (χ2n) is 2.41. The third-order valence-electron chi connectivity index (χ3n) is 1.67. The summed E-state index contributed by atoms with van der Waals surface area (Å²) in [6, 6.07) is 0. The van der Waals surface area contributed by atoms with E-state index in [1.54, 1.807) is 7.11 Å². The van der Waals surface area contributed by atoms with E-state index in [0.717, 1.165) is 25.5 Å². The van der Waals surface area contributed by atoms with Crippen molar-refractivity contribution in [1.29, 1.82) is 0 Å². The summed E-state index contributed by atoms with van der Waals surface area (Å²) in [5.74, 6) is 0. The van der Waals surface area contributed by atoms with Crippen molar-refractivity contribution in [3.8, 4) is 0 Å². The highest BCUT2D eigenvalue weighted by atomic mass is 16.7. The summed E-state index contributed by atoms with van der Waals surface area (Å²) in [5.41, 5.74) is 0. The lowest BCUT2D eigenvalue weighted by molar-refractivity contribution is -0.179. The first-order chi connectivity index (χ1) is 4.86. The number of rotatable bonds is 2. The first-order valence-corrected chi connectivity index (χ1v) is 3.50. The molecule has 2 atom stereocenters. The standard InChI is InChI=1S/C7H12O3/c1-9-7-4-2-3-6(5-8)10-7/h5-7H,2-4H2,1H3/t6-,7-/m0/s1. The van der Waals surface area contributed by atoms with Gasteiger partial charge in [-0.05, 0) is 19.3 Å². The van der Waals surface area contributed by atoms with Gasteiger partial charge in [-0.15, -0.1) is 0 Å². The molecule has 0 unspecified atom stereocenters. The summed E-state index contributed by atoms with van der Waals surface area (Å²) in [5, 5.41) is 0.